The van der Waals surface area contributed by atoms with Crippen LogP contribution in [0.4, 0.5) is 0 Å². The number of aryl methyl sites for hydroxylation is 1. The zero-order valence-corrected chi connectivity index (χ0v) is 8.94. The summed E-state index contributed by atoms with van der Waals surface area (Å²) in [7, 11) is 1.79. The fourth-order valence-corrected chi connectivity index (χ4v) is 1.99. The Hall–Kier alpha value is -1.62. The summed E-state index contributed by atoms with van der Waals surface area (Å²) in [5.74, 6) is 0. The number of nitrogens with zero attached hydrogens (tertiary/aromatic N) is 3. The molecule has 0 aliphatic carbocycles. The second-order valence-electron chi connectivity index (χ2n) is 2.93. The first-order valence-corrected chi connectivity index (χ1v) is 5.18. The predicted octanol–water partition coefficient (Wildman–Crippen LogP) is 1.78. The number of pyridine rings is 1. The lowest BCUT2D eigenvalue weighted by atomic mass is 10.5. The van der Waals surface area contributed by atoms with E-state index in [-0.39, 0.29) is 0 Å². The number of rotatable bonds is 3. The molecule has 5 heteroatoms. The number of imidazole rings is 1. The molecule has 0 atom stereocenters. The third-order valence-electron chi connectivity index (χ3n) is 1.90. The Morgan fingerprint density at radius 2 is 2.27 bits per heavy atom. The van der Waals surface area contributed by atoms with Gasteiger partial charge < -0.3 is 4.57 Å². The molecule has 2 aromatic heterocycles. The standard InChI is InChI=1S/C10H9N3OS/c1-13-7-12-10(8(13)6-14)15-9-4-2-3-5-11-9/h2-7H,1H3. The minimum Gasteiger partial charge on any atom is -0.331 e. The number of hydrogen-bond acceptors (Lipinski definition) is 4. The molecule has 0 aliphatic rings. The van der Waals surface area contributed by atoms with Crippen LogP contribution < -0.4 is 0 Å². The zero-order valence-electron chi connectivity index (χ0n) is 8.12. The SMILES string of the molecule is Cn1cnc(Sc2ccccn2)c1C=O. The molecule has 0 N–H and O–H groups in total. The van der Waals surface area contributed by atoms with Gasteiger partial charge in [0, 0.05) is 13.2 Å². The average Bonchev–Trinajstić information content (AvgIpc) is 2.61. The Balaban J connectivity index is 2.28. The third-order valence-corrected chi connectivity index (χ3v) is 2.86. The normalized spacial score (nSPS) is 10.2. The largest absolute Gasteiger partial charge is 0.331 e. The highest BCUT2D eigenvalue weighted by atomic mass is 32.2. The summed E-state index contributed by atoms with van der Waals surface area (Å²) < 4.78 is 1.69. The van der Waals surface area contributed by atoms with E-state index in [0.717, 1.165) is 11.3 Å². The van der Waals surface area contributed by atoms with Crippen molar-refractivity contribution in [3.8, 4) is 0 Å². The maximum absolute atomic E-state index is 10.8. The molecule has 15 heavy (non-hydrogen) atoms. The number of carbonyl (C=O) groups is 1. The Morgan fingerprint density at radius 1 is 1.40 bits per heavy atom. The topological polar surface area (TPSA) is 47.8 Å². The van der Waals surface area contributed by atoms with Crippen molar-refractivity contribution in [3.63, 3.8) is 0 Å². The Labute approximate surface area is 91.4 Å². The smallest absolute Gasteiger partial charge is 0.169 e. The average molecular weight is 219 g/mol. The minimum absolute atomic E-state index is 0.575. The van der Waals surface area contributed by atoms with Crippen molar-refractivity contribution in [2.75, 3.05) is 0 Å². The Bertz CT molecular complexity index is 467. The van der Waals surface area contributed by atoms with Gasteiger partial charge in [0.2, 0.25) is 0 Å². The highest BCUT2D eigenvalue weighted by Crippen LogP contribution is 2.25. The van der Waals surface area contributed by atoms with Crippen molar-refractivity contribution in [1.82, 2.24) is 14.5 Å². The highest BCUT2D eigenvalue weighted by Gasteiger charge is 2.09. The molecule has 0 aliphatic heterocycles. The molecular weight excluding hydrogens is 210 g/mol. The van der Waals surface area contributed by atoms with E-state index in [4.69, 9.17) is 0 Å². The Morgan fingerprint density at radius 3 is 2.93 bits per heavy atom. The number of aromatic nitrogens is 3. The van der Waals surface area contributed by atoms with Gasteiger partial charge in [0.15, 0.2) is 6.29 Å². The van der Waals surface area contributed by atoms with Crippen LogP contribution in [0.15, 0.2) is 40.8 Å². The van der Waals surface area contributed by atoms with E-state index in [2.05, 4.69) is 9.97 Å². The van der Waals surface area contributed by atoms with Crippen LogP contribution in [-0.4, -0.2) is 20.8 Å². The first-order chi connectivity index (χ1) is 7.31. The highest BCUT2D eigenvalue weighted by molar-refractivity contribution is 7.99. The van der Waals surface area contributed by atoms with Crippen LogP contribution in [-0.2, 0) is 7.05 Å². The summed E-state index contributed by atoms with van der Waals surface area (Å²) >= 11 is 1.39. The lowest BCUT2D eigenvalue weighted by molar-refractivity contribution is 0.111. The van der Waals surface area contributed by atoms with E-state index in [1.54, 1.807) is 24.1 Å². The fourth-order valence-electron chi connectivity index (χ4n) is 1.14. The number of hydrogen-bond donors (Lipinski definition) is 0. The lowest BCUT2D eigenvalue weighted by Gasteiger charge is -1.97. The molecule has 0 saturated heterocycles. The molecular formula is C10H9N3OS. The van der Waals surface area contributed by atoms with Crippen LogP contribution >= 0.6 is 11.8 Å². The molecule has 0 saturated carbocycles. The van der Waals surface area contributed by atoms with E-state index in [9.17, 15) is 4.79 Å². The van der Waals surface area contributed by atoms with Crippen molar-refractivity contribution >= 4 is 18.0 Å². The molecule has 0 spiro atoms. The van der Waals surface area contributed by atoms with Gasteiger partial charge in [-0.2, -0.15) is 0 Å². The molecule has 0 fully saturated rings. The molecule has 2 rings (SSSR count). The summed E-state index contributed by atoms with van der Waals surface area (Å²) in [6.45, 7) is 0. The van der Waals surface area contributed by atoms with Crippen LogP contribution in [0.5, 0.6) is 0 Å². The molecule has 2 heterocycles. The van der Waals surface area contributed by atoms with Crippen LogP contribution in [0.3, 0.4) is 0 Å². The second-order valence-corrected chi connectivity index (χ2v) is 3.94. The fraction of sp³-hybridized carbons (Fsp3) is 0.100. The van der Waals surface area contributed by atoms with E-state index in [0.29, 0.717) is 10.7 Å². The summed E-state index contributed by atoms with van der Waals surface area (Å²) in [5.41, 5.74) is 0.575. The molecule has 0 radical (unpaired) electrons. The molecule has 0 bridgehead atoms. The van der Waals surface area contributed by atoms with Gasteiger partial charge in [-0.25, -0.2) is 9.97 Å². The van der Waals surface area contributed by atoms with Gasteiger partial charge >= 0.3 is 0 Å². The maximum atomic E-state index is 10.8. The van der Waals surface area contributed by atoms with Crippen molar-refractivity contribution in [3.05, 3.63) is 36.4 Å². The molecule has 4 nitrogen and oxygen atoms in total. The minimum atomic E-state index is 0.575. The Kier molecular flexibility index (Phi) is 2.82. The zero-order chi connectivity index (χ0) is 10.7. The van der Waals surface area contributed by atoms with Crippen LogP contribution in [0.2, 0.25) is 0 Å². The number of aldehydes is 1. The second kappa shape index (κ2) is 4.27. The van der Waals surface area contributed by atoms with Crippen molar-refractivity contribution in [1.29, 1.82) is 0 Å². The van der Waals surface area contributed by atoms with Gasteiger partial charge in [-0.1, -0.05) is 6.07 Å². The first-order valence-electron chi connectivity index (χ1n) is 4.36. The quantitative estimate of drug-likeness (QED) is 0.738. The molecule has 0 unspecified atom stereocenters. The van der Waals surface area contributed by atoms with Crippen LogP contribution in [0, 0.1) is 0 Å². The maximum Gasteiger partial charge on any atom is 0.169 e. The van der Waals surface area contributed by atoms with Crippen LogP contribution in [0.25, 0.3) is 0 Å². The van der Waals surface area contributed by atoms with E-state index >= 15 is 0 Å². The van der Waals surface area contributed by atoms with Gasteiger partial charge in [0.25, 0.3) is 0 Å². The number of carbonyl (C=O) groups excluding carboxylic acids is 1. The monoisotopic (exact) mass is 219 g/mol. The van der Waals surface area contributed by atoms with Crippen molar-refractivity contribution in [2.24, 2.45) is 7.05 Å². The van der Waals surface area contributed by atoms with E-state index in [1.165, 1.54) is 11.8 Å². The summed E-state index contributed by atoms with van der Waals surface area (Å²) in [5, 5.41) is 1.52. The third kappa shape index (κ3) is 2.07. The van der Waals surface area contributed by atoms with Gasteiger partial charge in [0.05, 0.1) is 6.33 Å². The van der Waals surface area contributed by atoms with Gasteiger partial charge in [-0.05, 0) is 23.9 Å². The molecule has 0 aromatic carbocycles. The van der Waals surface area contributed by atoms with E-state index < -0.39 is 0 Å². The summed E-state index contributed by atoms with van der Waals surface area (Å²) in [4.78, 5) is 19.1. The van der Waals surface area contributed by atoms with Gasteiger partial charge in [-0.3, -0.25) is 4.79 Å². The summed E-state index contributed by atoms with van der Waals surface area (Å²) in [6.07, 6.45) is 4.14. The van der Waals surface area contributed by atoms with Crippen molar-refractivity contribution < 1.29 is 4.79 Å². The molecule has 0 amide bonds. The lowest BCUT2D eigenvalue weighted by Crippen LogP contribution is -1.93. The van der Waals surface area contributed by atoms with E-state index in [1.807, 2.05) is 18.2 Å². The first kappa shape index (κ1) is 9.92. The van der Waals surface area contributed by atoms with Gasteiger partial charge in [-0.15, -0.1) is 0 Å². The molecule has 2 aromatic rings. The van der Waals surface area contributed by atoms with Gasteiger partial charge in [0.1, 0.15) is 15.7 Å². The molecule has 76 valence electrons. The van der Waals surface area contributed by atoms with Crippen molar-refractivity contribution in [2.45, 2.75) is 10.1 Å². The summed E-state index contributed by atoms with van der Waals surface area (Å²) in [6, 6.07) is 5.63. The predicted molar refractivity (Wildman–Crippen MR) is 57.0 cm³/mol. The van der Waals surface area contributed by atoms with Crippen LogP contribution in [0.1, 0.15) is 10.5 Å².